The number of rotatable bonds is 5. The first-order valence-corrected chi connectivity index (χ1v) is 7.69. The molecule has 1 heterocycles. The smallest absolute Gasteiger partial charge is 0.208 e. The van der Waals surface area contributed by atoms with Crippen LogP contribution >= 0.6 is 11.8 Å². The normalized spacial score (nSPS) is 11.6. The lowest BCUT2D eigenvalue weighted by atomic mass is 9.87. The number of hydrogen-bond acceptors (Lipinski definition) is 4. The van der Waals surface area contributed by atoms with E-state index in [2.05, 4.69) is 48.1 Å². The predicted molar refractivity (Wildman–Crippen MR) is 82.5 cm³/mol. The molecule has 4 nitrogen and oxygen atoms in total. The van der Waals surface area contributed by atoms with Gasteiger partial charge in [-0.1, -0.05) is 44.7 Å². The fourth-order valence-corrected chi connectivity index (χ4v) is 2.39. The Hall–Kier alpha value is -1.49. The molecule has 0 saturated carbocycles. The van der Waals surface area contributed by atoms with E-state index in [9.17, 15) is 0 Å². The van der Waals surface area contributed by atoms with Crippen LogP contribution in [0.25, 0.3) is 0 Å². The second-order valence-electron chi connectivity index (χ2n) is 5.67. The molecule has 0 amide bonds. The molecule has 2 rings (SSSR count). The van der Waals surface area contributed by atoms with Crippen molar-refractivity contribution >= 4 is 11.8 Å². The van der Waals surface area contributed by atoms with E-state index in [1.807, 2.05) is 19.1 Å². The SMILES string of the molecule is Cc1nc(SCCOc2ccc(C(C)(C)C)cc2)n[nH]1. The molecule has 0 bridgehead atoms. The second-order valence-corrected chi connectivity index (χ2v) is 6.74. The summed E-state index contributed by atoms with van der Waals surface area (Å²) in [6.07, 6.45) is 0. The van der Waals surface area contributed by atoms with Crippen LogP contribution in [-0.2, 0) is 5.41 Å². The van der Waals surface area contributed by atoms with Crippen molar-refractivity contribution in [2.45, 2.75) is 38.3 Å². The quantitative estimate of drug-likeness (QED) is 0.675. The van der Waals surface area contributed by atoms with E-state index in [0.717, 1.165) is 22.5 Å². The van der Waals surface area contributed by atoms with Crippen molar-refractivity contribution in [3.63, 3.8) is 0 Å². The average Bonchev–Trinajstić information content (AvgIpc) is 2.80. The maximum atomic E-state index is 5.72. The molecule has 2 aromatic rings. The number of nitrogens with zero attached hydrogens (tertiary/aromatic N) is 2. The summed E-state index contributed by atoms with van der Waals surface area (Å²) < 4.78 is 5.72. The molecule has 20 heavy (non-hydrogen) atoms. The third-order valence-corrected chi connectivity index (χ3v) is 3.69. The number of nitrogens with one attached hydrogen (secondary N) is 1. The van der Waals surface area contributed by atoms with Gasteiger partial charge in [0.1, 0.15) is 11.6 Å². The molecule has 1 aromatic heterocycles. The van der Waals surface area contributed by atoms with E-state index in [0.29, 0.717) is 6.61 Å². The topological polar surface area (TPSA) is 50.8 Å². The van der Waals surface area contributed by atoms with Crippen LogP contribution in [0.15, 0.2) is 29.4 Å². The van der Waals surface area contributed by atoms with E-state index in [1.165, 1.54) is 5.56 Å². The van der Waals surface area contributed by atoms with E-state index < -0.39 is 0 Å². The molecular formula is C15H21N3OS. The molecule has 1 N–H and O–H groups in total. The molecule has 1 aromatic carbocycles. The Kier molecular flexibility index (Phi) is 4.70. The number of H-pyrrole nitrogens is 1. The highest BCUT2D eigenvalue weighted by Gasteiger charge is 2.12. The standard InChI is InChI=1S/C15H21N3OS/c1-11-16-14(18-17-11)20-10-9-19-13-7-5-12(6-8-13)15(2,3)4/h5-8H,9-10H2,1-4H3,(H,16,17,18). The van der Waals surface area contributed by atoms with E-state index in [4.69, 9.17) is 4.74 Å². The molecule has 0 unspecified atom stereocenters. The minimum Gasteiger partial charge on any atom is -0.493 e. The summed E-state index contributed by atoms with van der Waals surface area (Å²) in [5.41, 5.74) is 1.49. The highest BCUT2D eigenvalue weighted by Crippen LogP contribution is 2.24. The first-order chi connectivity index (χ1) is 9.45. The lowest BCUT2D eigenvalue weighted by molar-refractivity contribution is 0.343. The molecule has 0 radical (unpaired) electrons. The van der Waals surface area contributed by atoms with E-state index in [1.54, 1.807) is 11.8 Å². The van der Waals surface area contributed by atoms with Crippen molar-refractivity contribution in [3.05, 3.63) is 35.7 Å². The number of aryl methyl sites for hydroxylation is 1. The number of thioether (sulfide) groups is 1. The first-order valence-electron chi connectivity index (χ1n) is 6.70. The van der Waals surface area contributed by atoms with Crippen LogP contribution in [0.3, 0.4) is 0 Å². The maximum absolute atomic E-state index is 5.72. The van der Waals surface area contributed by atoms with E-state index >= 15 is 0 Å². The summed E-state index contributed by atoms with van der Waals surface area (Å²) in [6.45, 7) is 9.16. The Labute approximate surface area is 124 Å². The van der Waals surface area contributed by atoms with Gasteiger partial charge in [-0.05, 0) is 30.0 Å². The summed E-state index contributed by atoms with van der Waals surface area (Å²) in [5.74, 6) is 2.58. The third-order valence-electron chi connectivity index (χ3n) is 2.88. The highest BCUT2D eigenvalue weighted by atomic mass is 32.2. The number of aromatic nitrogens is 3. The number of benzene rings is 1. The fourth-order valence-electron chi connectivity index (χ4n) is 1.73. The van der Waals surface area contributed by atoms with Crippen molar-refractivity contribution in [3.8, 4) is 5.75 Å². The van der Waals surface area contributed by atoms with Gasteiger partial charge in [-0.2, -0.15) is 0 Å². The van der Waals surface area contributed by atoms with Crippen molar-refractivity contribution in [1.82, 2.24) is 15.2 Å². The Balaban J connectivity index is 1.77. The largest absolute Gasteiger partial charge is 0.493 e. The van der Waals surface area contributed by atoms with Gasteiger partial charge < -0.3 is 4.74 Å². The molecule has 0 saturated heterocycles. The fraction of sp³-hybridized carbons (Fsp3) is 0.467. The summed E-state index contributed by atoms with van der Waals surface area (Å²) in [5, 5.41) is 7.67. The molecule has 108 valence electrons. The Bertz CT molecular complexity index is 543. The van der Waals surface area contributed by atoms with Gasteiger partial charge in [0.25, 0.3) is 0 Å². The van der Waals surface area contributed by atoms with Gasteiger partial charge >= 0.3 is 0 Å². The van der Waals surface area contributed by atoms with Crippen LogP contribution in [0.1, 0.15) is 32.2 Å². The molecular weight excluding hydrogens is 270 g/mol. The van der Waals surface area contributed by atoms with Crippen LogP contribution in [0.2, 0.25) is 0 Å². The van der Waals surface area contributed by atoms with Crippen molar-refractivity contribution in [2.75, 3.05) is 12.4 Å². The minimum atomic E-state index is 0.178. The summed E-state index contributed by atoms with van der Waals surface area (Å²) >= 11 is 1.59. The van der Waals surface area contributed by atoms with Crippen LogP contribution in [0.4, 0.5) is 0 Å². The second kappa shape index (κ2) is 6.31. The minimum absolute atomic E-state index is 0.178. The average molecular weight is 291 g/mol. The van der Waals surface area contributed by atoms with Crippen LogP contribution < -0.4 is 4.74 Å². The molecule has 0 aliphatic heterocycles. The summed E-state index contributed by atoms with van der Waals surface area (Å²) in [6, 6.07) is 8.31. The Morgan fingerprint density at radius 3 is 2.45 bits per heavy atom. The zero-order chi connectivity index (χ0) is 14.6. The maximum Gasteiger partial charge on any atom is 0.208 e. The van der Waals surface area contributed by atoms with Crippen LogP contribution in [0, 0.1) is 6.92 Å². The zero-order valence-corrected chi connectivity index (χ0v) is 13.3. The Morgan fingerprint density at radius 2 is 1.90 bits per heavy atom. The van der Waals surface area contributed by atoms with Crippen molar-refractivity contribution in [1.29, 1.82) is 0 Å². The van der Waals surface area contributed by atoms with Crippen molar-refractivity contribution in [2.24, 2.45) is 0 Å². The number of aromatic amines is 1. The molecule has 5 heteroatoms. The third kappa shape index (κ3) is 4.27. The predicted octanol–water partition coefficient (Wildman–Crippen LogP) is 3.58. The number of ether oxygens (including phenoxy) is 1. The molecule has 0 aliphatic carbocycles. The van der Waals surface area contributed by atoms with Gasteiger partial charge in [0, 0.05) is 5.75 Å². The Morgan fingerprint density at radius 1 is 1.20 bits per heavy atom. The van der Waals surface area contributed by atoms with Crippen LogP contribution in [-0.4, -0.2) is 27.5 Å². The van der Waals surface area contributed by atoms with Crippen LogP contribution in [0.5, 0.6) is 5.75 Å². The summed E-state index contributed by atoms with van der Waals surface area (Å²) in [7, 11) is 0. The van der Waals surface area contributed by atoms with Gasteiger partial charge in [-0.15, -0.1) is 5.10 Å². The van der Waals surface area contributed by atoms with Gasteiger partial charge in [-0.3, -0.25) is 5.10 Å². The lowest BCUT2D eigenvalue weighted by Crippen LogP contribution is -2.10. The molecule has 0 fully saturated rings. The molecule has 0 atom stereocenters. The molecule has 0 spiro atoms. The van der Waals surface area contributed by atoms with Gasteiger partial charge in [0.2, 0.25) is 5.16 Å². The summed E-state index contributed by atoms with van der Waals surface area (Å²) in [4.78, 5) is 4.23. The first kappa shape index (κ1) is 14.9. The zero-order valence-electron chi connectivity index (χ0n) is 12.4. The number of hydrogen-bond donors (Lipinski definition) is 1. The highest BCUT2D eigenvalue weighted by molar-refractivity contribution is 7.99. The lowest BCUT2D eigenvalue weighted by Gasteiger charge is -2.19. The van der Waals surface area contributed by atoms with Crippen molar-refractivity contribution < 1.29 is 4.74 Å². The monoisotopic (exact) mass is 291 g/mol. The van der Waals surface area contributed by atoms with Gasteiger partial charge in [0.15, 0.2) is 0 Å². The molecule has 0 aliphatic rings. The van der Waals surface area contributed by atoms with Gasteiger partial charge in [0.05, 0.1) is 6.61 Å². The van der Waals surface area contributed by atoms with Gasteiger partial charge in [-0.25, -0.2) is 4.98 Å². The van der Waals surface area contributed by atoms with E-state index in [-0.39, 0.29) is 5.41 Å².